The average Bonchev–Trinajstić information content (AvgIpc) is 3.21. The van der Waals surface area contributed by atoms with Gasteiger partial charge in [-0.1, -0.05) is 17.8 Å². The summed E-state index contributed by atoms with van der Waals surface area (Å²) >= 11 is 2.75. The summed E-state index contributed by atoms with van der Waals surface area (Å²) in [5.41, 5.74) is 6.98. The van der Waals surface area contributed by atoms with E-state index < -0.39 is 5.91 Å². The number of nitrogens with one attached hydrogen (secondary N) is 1. The molecule has 132 valence electrons. The highest BCUT2D eigenvalue weighted by atomic mass is 32.2. The first kappa shape index (κ1) is 17.7. The molecular formula is C16H19N5O2S2. The second kappa shape index (κ2) is 7.40. The summed E-state index contributed by atoms with van der Waals surface area (Å²) in [6, 6.07) is 0. The number of hydrogen-bond donors (Lipinski definition) is 2. The molecule has 2 heterocycles. The number of allylic oxidation sites excluding steroid dienone is 1. The van der Waals surface area contributed by atoms with Gasteiger partial charge in [-0.2, -0.15) is 0 Å². The maximum atomic E-state index is 12.3. The summed E-state index contributed by atoms with van der Waals surface area (Å²) in [5.74, 6) is 0.270. The van der Waals surface area contributed by atoms with E-state index in [-0.39, 0.29) is 11.7 Å². The molecule has 7 nitrogen and oxygen atoms in total. The van der Waals surface area contributed by atoms with Crippen LogP contribution >= 0.6 is 23.1 Å². The maximum absolute atomic E-state index is 12.3. The third-order valence-corrected chi connectivity index (χ3v) is 6.14. The van der Waals surface area contributed by atoms with Crippen LogP contribution in [-0.4, -0.2) is 32.3 Å². The van der Waals surface area contributed by atoms with Gasteiger partial charge < -0.3 is 15.6 Å². The molecule has 25 heavy (non-hydrogen) atoms. The van der Waals surface area contributed by atoms with Crippen LogP contribution in [0.15, 0.2) is 17.8 Å². The van der Waals surface area contributed by atoms with E-state index >= 15 is 0 Å². The quantitative estimate of drug-likeness (QED) is 0.568. The third-order valence-electron chi connectivity index (χ3n) is 3.97. The first-order chi connectivity index (χ1) is 12.0. The van der Waals surface area contributed by atoms with Gasteiger partial charge in [-0.15, -0.1) is 28.1 Å². The van der Waals surface area contributed by atoms with E-state index in [9.17, 15) is 9.59 Å². The van der Waals surface area contributed by atoms with Crippen molar-refractivity contribution in [3.05, 3.63) is 34.5 Å². The normalized spacial score (nSPS) is 12.8. The second-order valence-electron chi connectivity index (χ2n) is 5.69. The lowest BCUT2D eigenvalue weighted by atomic mass is 10.1. The van der Waals surface area contributed by atoms with Crippen molar-refractivity contribution in [1.29, 1.82) is 0 Å². The standard InChI is InChI=1S/C16H19N5O2S2/c1-3-7-21-9(2)19-20-16(21)24-8-12(22)18-15-13(14(17)23)10-5-4-6-11(10)25-15/h3H,1,4-8H2,2H3,(H2,17,23)(H,18,22). The van der Waals surface area contributed by atoms with Crippen LogP contribution in [0.2, 0.25) is 0 Å². The summed E-state index contributed by atoms with van der Waals surface area (Å²) in [6.45, 7) is 6.16. The highest BCUT2D eigenvalue weighted by Gasteiger charge is 2.26. The fraction of sp³-hybridized carbons (Fsp3) is 0.375. The van der Waals surface area contributed by atoms with Crippen molar-refractivity contribution in [2.24, 2.45) is 5.73 Å². The molecule has 3 N–H and O–H groups in total. The van der Waals surface area contributed by atoms with Crippen molar-refractivity contribution < 1.29 is 9.59 Å². The van der Waals surface area contributed by atoms with Crippen LogP contribution in [0.25, 0.3) is 0 Å². The maximum Gasteiger partial charge on any atom is 0.251 e. The average molecular weight is 377 g/mol. The van der Waals surface area contributed by atoms with E-state index in [1.54, 1.807) is 6.08 Å². The Bertz CT molecular complexity index is 840. The zero-order chi connectivity index (χ0) is 18.0. The molecule has 0 saturated carbocycles. The fourth-order valence-corrected chi connectivity index (χ4v) is 4.96. The van der Waals surface area contributed by atoms with Crippen LogP contribution in [0.1, 0.15) is 33.0 Å². The largest absolute Gasteiger partial charge is 0.365 e. The second-order valence-corrected chi connectivity index (χ2v) is 7.74. The summed E-state index contributed by atoms with van der Waals surface area (Å²) < 4.78 is 1.89. The van der Waals surface area contributed by atoms with Gasteiger partial charge in [0.1, 0.15) is 10.8 Å². The molecule has 2 amide bonds. The first-order valence-corrected chi connectivity index (χ1v) is 9.69. The van der Waals surface area contributed by atoms with Crippen molar-refractivity contribution in [1.82, 2.24) is 14.8 Å². The zero-order valence-electron chi connectivity index (χ0n) is 13.9. The van der Waals surface area contributed by atoms with Crippen LogP contribution in [0.4, 0.5) is 5.00 Å². The van der Waals surface area contributed by atoms with Crippen molar-refractivity contribution in [2.45, 2.75) is 37.9 Å². The number of thioether (sulfide) groups is 1. The van der Waals surface area contributed by atoms with Gasteiger partial charge >= 0.3 is 0 Å². The molecule has 2 aromatic heterocycles. The number of aryl methyl sites for hydroxylation is 2. The Labute approximate surface area is 153 Å². The SMILES string of the molecule is C=CCn1c(C)nnc1SCC(=O)Nc1sc2c(c1C(N)=O)CCC2. The Hall–Kier alpha value is -2.13. The molecule has 0 aliphatic heterocycles. The van der Waals surface area contributed by atoms with Gasteiger partial charge in [-0.3, -0.25) is 9.59 Å². The van der Waals surface area contributed by atoms with Crippen LogP contribution < -0.4 is 11.1 Å². The molecule has 0 aromatic carbocycles. The Morgan fingerprint density at radius 2 is 2.24 bits per heavy atom. The number of carbonyl (C=O) groups excluding carboxylic acids is 2. The van der Waals surface area contributed by atoms with E-state index in [0.717, 1.165) is 35.5 Å². The molecule has 9 heteroatoms. The smallest absolute Gasteiger partial charge is 0.251 e. The number of anilines is 1. The number of aromatic nitrogens is 3. The fourth-order valence-electron chi connectivity index (χ4n) is 2.85. The number of carbonyl (C=O) groups is 2. The molecule has 0 fully saturated rings. The van der Waals surface area contributed by atoms with E-state index in [0.29, 0.717) is 22.3 Å². The lowest BCUT2D eigenvalue weighted by Gasteiger charge is -2.07. The van der Waals surface area contributed by atoms with Crippen LogP contribution in [0.5, 0.6) is 0 Å². The van der Waals surface area contributed by atoms with Crippen molar-refractivity contribution >= 4 is 39.9 Å². The molecular weight excluding hydrogens is 358 g/mol. The summed E-state index contributed by atoms with van der Waals surface area (Å²) in [7, 11) is 0. The summed E-state index contributed by atoms with van der Waals surface area (Å²) in [5, 5.41) is 12.2. The predicted octanol–water partition coefficient (Wildman–Crippen LogP) is 2.15. The molecule has 0 saturated heterocycles. The molecule has 0 bridgehead atoms. The van der Waals surface area contributed by atoms with Gasteiger partial charge in [0, 0.05) is 11.4 Å². The Balaban J connectivity index is 1.68. The molecule has 0 atom stereocenters. The molecule has 1 aliphatic rings. The van der Waals surface area contributed by atoms with Crippen LogP contribution in [0.3, 0.4) is 0 Å². The van der Waals surface area contributed by atoms with Gasteiger partial charge in [0.25, 0.3) is 5.91 Å². The van der Waals surface area contributed by atoms with Gasteiger partial charge in [0.05, 0.1) is 11.3 Å². The number of fused-ring (bicyclic) bond motifs is 1. The number of primary amides is 1. The number of hydrogen-bond acceptors (Lipinski definition) is 6. The van der Waals surface area contributed by atoms with Crippen LogP contribution in [-0.2, 0) is 24.2 Å². The number of rotatable bonds is 7. The van der Waals surface area contributed by atoms with E-state index in [1.807, 2.05) is 11.5 Å². The minimum absolute atomic E-state index is 0.177. The minimum atomic E-state index is -0.483. The molecule has 0 spiro atoms. The monoisotopic (exact) mass is 377 g/mol. The summed E-state index contributed by atoms with van der Waals surface area (Å²) in [4.78, 5) is 25.2. The van der Waals surface area contributed by atoms with E-state index in [2.05, 4.69) is 22.1 Å². The molecule has 2 aromatic rings. The van der Waals surface area contributed by atoms with Crippen LogP contribution in [0, 0.1) is 6.92 Å². The predicted molar refractivity (Wildman–Crippen MR) is 99.2 cm³/mol. The molecule has 0 radical (unpaired) electrons. The first-order valence-electron chi connectivity index (χ1n) is 7.89. The molecule has 0 unspecified atom stereocenters. The van der Waals surface area contributed by atoms with Gasteiger partial charge in [-0.25, -0.2) is 0 Å². The van der Waals surface area contributed by atoms with Crippen molar-refractivity contribution in [3.63, 3.8) is 0 Å². The third kappa shape index (κ3) is 3.62. The number of thiophene rings is 1. The van der Waals surface area contributed by atoms with E-state index in [4.69, 9.17) is 5.73 Å². The topological polar surface area (TPSA) is 103 Å². The lowest BCUT2D eigenvalue weighted by Crippen LogP contribution is -2.19. The van der Waals surface area contributed by atoms with Gasteiger partial charge in [-0.05, 0) is 31.7 Å². The van der Waals surface area contributed by atoms with Crippen molar-refractivity contribution in [2.75, 3.05) is 11.1 Å². The number of nitrogens with two attached hydrogens (primary N) is 1. The zero-order valence-corrected chi connectivity index (χ0v) is 15.5. The van der Waals surface area contributed by atoms with Gasteiger partial charge in [0.2, 0.25) is 5.91 Å². The number of amides is 2. The summed E-state index contributed by atoms with van der Waals surface area (Å²) in [6.07, 6.45) is 4.57. The Morgan fingerprint density at radius 1 is 1.44 bits per heavy atom. The van der Waals surface area contributed by atoms with Crippen molar-refractivity contribution in [3.8, 4) is 0 Å². The Kier molecular flexibility index (Phi) is 5.24. The highest BCUT2D eigenvalue weighted by molar-refractivity contribution is 7.99. The minimum Gasteiger partial charge on any atom is -0.365 e. The van der Waals surface area contributed by atoms with E-state index in [1.165, 1.54) is 23.1 Å². The highest BCUT2D eigenvalue weighted by Crippen LogP contribution is 2.38. The Morgan fingerprint density at radius 3 is 2.96 bits per heavy atom. The number of nitrogens with zero attached hydrogens (tertiary/aromatic N) is 3. The molecule has 1 aliphatic carbocycles. The lowest BCUT2D eigenvalue weighted by molar-refractivity contribution is -0.113. The van der Waals surface area contributed by atoms with Gasteiger partial charge in [0.15, 0.2) is 5.16 Å². The molecule has 3 rings (SSSR count).